The molecule has 7 heteroatoms. The van der Waals surface area contributed by atoms with Crippen molar-refractivity contribution in [3.8, 4) is 5.75 Å². The van der Waals surface area contributed by atoms with Gasteiger partial charge in [-0.05, 0) is 12.1 Å². The Balaban J connectivity index is 2.19. The maximum Gasteiger partial charge on any atom is 0.310 e. The molecule has 0 radical (unpaired) electrons. The third-order valence-electron chi connectivity index (χ3n) is 3.89. The second-order valence-electron chi connectivity index (χ2n) is 5.29. The van der Waals surface area contributed by atoms with Gasteiger partial charge in [0.2, 0.25) is 5.78 Å². The first-order valence-corrected chi connectivity index (χ1v) is 7.80. The van der Waals surface area contributed by atoms with Gasteiger partial charge in [-0.1, -0.05) is 18.2 Å². The highest BCUT2D eigenvalue weighted by Gasteiger charge is 2.26. The minimum absolute atomic E-state index is 0.0677. The number of pyridine rings is 1. The topological polar surface area (TPSA) is 70.4 Å². The summed E-state index contributed by atoms with van der Waals surface area (Å²) in [5.41, 5.74) is 1.51. The molecule has 2 aromatic heterocycles. The second kappa shape index (κ2) is 6.94. The average Bonchev–Trinajstić information content (AvgIpc) is 2.93. The summed E-state index contributed by atoms with van der Waals surface area (Å²) in [4.78, 5) is 28.9. The number of carbonyl (C=O) groups excluding carboxylic acids is 2. The van der Waals surface area contributed by atoms with E-state index in [1.807, 2.05) is 12.1 Å². The fourth-order valence-electron chi connectivity index (χ4n) is 2.67. The molecular formula is C18H15ClN2O4. The molecule has 0 saturated heterocycles. The molecule has 0 fully saturated rings. The maximum atomic E-state index is 13.0. The molecular weight excluding hydrogens is 344 g/mol. The number of esters is 1. The number of nitrogens with zero attached hydrogens (tertiary/aromatic N) is 2. The molecule has 1 aromatic carbocycles. The van der Waals surface area contributed by atoms with Gasteiger partial charge in [-0.25, -0.2) is 4.09 Å². The highest BCUT2D eigenvalue weighted by atomic mass is 35.5. The summed E-state index contributed by atoms with van der Waals surface area (Å²) in [5.74, 6) is -0.352. The quantitative estimate of drug-likeness (QED) is 0.518. The lowest BCUT2D eigenvalue weighted by atomic mass is 10.0. The first kappa shape index (κ1) is 17.0. The Hall–Kier alpha value is -2.86. The smallest absolute Gasteiger partial charge is 0.310 e. The molecule has 0 bridgehead atoms. The van der Waals surface area contributed by atoms with Crippen LogP contribution in [0.2, 0.25) is 0 Å². The summed E-state index contributed by atoms with van der Waals surface area (Å²) in [6, 6.07) is 10.4. The molecule has 2 heterocycles. The van der Waals surface area contributed by atoms with Gasteiger partial charge in [0.15, 0.2) is 0 Å². The molecule has 128 valence electrons. The van der Waals surface area contributed by atoms with Gasteiger partial charge in [0.1, 0.15) is 17.1 Å². The molecule has 0 aliphatic heterocycles. The Kier molecular flexibility index (Phi) is 4.72. The van der Waals surface area contributed by atoms with Gasteiger partial charge in [0.05, 0.1) is 26.2 Å². The number of benzene rings is 1. The highest BCUT2D eigenvalue weighted by Crippen LogP contribution is 2.30. The van der Waals surface area contributed by atoms with Crippen molar-refractivity contribution in [2.75, 3.05) is 14.2 Å². The molecule has 0 aliphatic carbocycles. The zero-order valence-corrected chi connectivity index (χ0v) is 14.4. The fourth-order valence-corrected chi connectivity index (χ4v) is 3.00. The van der Waals surface area contributed by atoms with Crippen LogP contribution in [-0.2, 0) is 16.0 Å². The lowest BCUT2D eigenvalue weighted by Crippen LogP contribution is -2.13. The molecule has 0 atom stereocenters. The molecule has 3 aromatic rings. The van der Waals surface area contributed by atoms with Crippen molar-refractivity contribution in [3.63, 3.8) is 0 Å². The normalized spacial score (nSPS) is 10.7. The molecule has 0 amide bonds. The third-order valence-corrected chi connectivity index (χ3v) is 4.24. The van der Waals surface area contributed by atoms with Gasteiger partial charge in [-0.3, -0.25) is 14.6 Å². The Morgan fingerprint density at radius 3 is 2.68 bits per heavy atom. The maximum absolute atomic E-state index is 13.0. The van der Waals surface area contributed by atoms with Crippen LogP contribution in [-0.4, -0.2) is 35.0 Å². The van der Waals surface area contributed by atoms with Gasteiger partial charge in [-0.2, -0.15) is 0 Å². The molecule has 0 saturated carbocycles. The molecule has 0 aliphatic rings. The Bertz CT molecular complexity index is 965. The zero-order chi connectivity index (χ0) is 18.0. The van der Waals surface area contributed by atoms with Crippen molar-refractivity contribution in [2.24, 2.45) is 0 Å². The van der Waals surface area contributed by atoms with E-state index in [4.69, 9.17) is 21.3 Å². The number of hydrogen-bond acceptors (Lipinski definition) is 5. The number of ketones is 1. The Morgan fingerprint density at radius 2 is 1.96 bits per heavy atom. The number of methoxy groups -OCH3 is 2. The first-order chi connectivity index (χ1) is 12.1. The van der Waals surface area contributed by atoms with E-state index in [1.165, 1.54) is 30.6 Å². The first-order valence-electron chi connectivity index (χ1n) is 7.46. The summed E-state index contributed by atoms with van der Waals surface area (Å²) in [7, 11) is 2.80. The van der Waals surface area contributed by atoms with Crippen molar-refractivity contribution in [1.29, 1.82) is 0 Å². The van der Waals surface area contributed by atoms with E-state index in [-0.39, 0.29) is 17.8 Å². The fraction of sp³-hybridized carbons (Fsp3) is 0.167. The van der Waals surface area contributed by atoms with Gasteiger partial charge in [0, 0.05) is 35.0 Å². The van der Waals surface area contributed by atoms with Crippen LogP contribution >= 0.6 is 11.8 Å². The van der Waals surface area contributed by atoms with Crippen molar-refractivity contribution in [2.45, 2.75) is 6.42 Å². The number of fused-ring (bicyclic) bond motifs is 1. The number of carbonyl (C=O) groups is 2. The Labute approximate surface area is 149 Å². The van der Waals surface area contributed by atoms with Crippen LogP contribution in [0, 0.1) is 0 Å². The minimum atomic E-state index is -0.458. The van der Waals surface area contributed by atoms with Crippen molar-refractivity contribution >= 4 is 34.4 Å². The summed E-state index contributed by atoms with van der Waals surface area (Å²) >= 11 is 6.39. The predicted octanol–water partition coefficient (Wildman–Crippen LogP) is 2.99. The number of hydrogen-bond donors (Lipinski definition) is 0. The van der Waals surface area contributed by atoms with Crippen LogP contribution in [0.4, 0.5) is 0 Å². The molecule has 25 heavy (non-hydrogen) atoms. The largest absolute Gasteiger partial charge is 0.497 e. The third kappa shape index (κ3) is 3.08. The summed E-state index contributed by atoms with van der Waals surface area (Å²) < 4.78 is 11.1. The molecule has 0 unspecified atom stereocenters. The molecule has 6 nitrogen and oxygen atoms in total. The van der Waals surface area contributed by atoms with Gasteiger partial charge >= 0.3 is 5.97 Å². The van der Waals surface area contributed by atoms with Crippen molar-refractivity contribution < 1.29 is 19.1 Å². The molecule has 3 rings (SSSR count). The van der Waals surface area contributed by atoms with Crippen LogP contribution < -0.4 is 4.74 Å². The lowest BCUT2D eigenvalue weighted by Gasteiger charge is -2.06. The van der Waals surface area contributed by atoms with Crippen LogP contribution in [0.5, 0.6) is 5.75 Å². The molecule has 0 spiro atoms. The molecule has 0 N–H and O–H groups in total. The van der Waals surface area contributed by atoms with Crippen LogP contribution in [0.3, 0.4) is 0 Å². The van der Waals surface area contributed by atoms with E-state index in [0.717, 1.165) is 0 Å². The number of halogens is 1. The van der Waals surface area contributed by atoms with E-state index in [2.05, 4.69) is 4.98 Å². The van der Waals surface area contributed by atoms with E-state index < -0.39 is 11.8 Å². The van der Waals surface area contributed by atoms with E-state index in [9.17, 15) is 9.59 Å². The Morgan fingerprint density at radius 1 is 1.20 bits per heavy atom. The number of para-hydroxylation sites is 1. The van der Waals surface area contributed by atoms with Crippen LogP contribution in [0.25, 0.3) is 10.9 Å². The van der Waals surface area contributed by atoms with Gasteiger partial charge in [-0.15, -0.1) is 0 Å². The second-order valence-corrected chi connectivity index (χ2v) is 5.63. The SMILES string of the molecule is COC(=O)Cc1c(C(=O)c2cc(OC)ccn2)n(Cl)c2ccccc12. The van der Waals surface area contributed by atoms with Crippen molar-refractivity contribution in [3.05, 3.63) is 59.5 Å². The average molecular weight is 359 g/mol. The summed E-state index contributed by atoms with van der Waals surface area (Å²) in [6.07, 6.45) is 1.41. The zero-order valence-electron chi connectivity index (χ0n) is 13.7. The van der Waals surface area contributed by atoms with E-state index >= 15 is 0 Å². The minimum Gasteiger partial charge on any atom is -0.497 e. The van der Waals surface area contributed by atoms with Crippen molar-refractivity contribution in [1.82, 2.24) is 9.07 Å². The monoisotopic (exact) mass is 358 g/mol. The number of rotatable bonds is 5. The van der Waals surface area contributed by atoms with E-state index in [0.29, 0.717) is 22.2 Å². The number of ether oxygens (including phenoxy) is 2. The number of aromatic nitrogens is 2. The standard InChI is InChI=1S/C18H15ClN2O4/c1-24-11-7-8-20-14(9-11)18(23)17-13(10-16(22)25-2)12-5-3-4-6-15(12)21(17)19/h3-9H,10H2,1-2H3. The van der Waals surface area contributed by atoms with Crippen LogP contribution in [0.15, 0.2) is 42.6 Å². The van der Waals surface area contributed by atoms with E-state index in [1.54, 1.807) is 18.2 Å². The van der Waals surface area contributed by atoms with Crippen LogP contribution in [0.1, 0.15) is 21.7 Å². The summed E-state index contributed by atoms with van der Waals surface area (Å²) in [5, 5.41) is 0.717. The summed E-state index contributed by atoms with van der Waals surface area (Å²) in [6.45, 7) is 0. The lowest BCUT2D eigenvalue weighted by molar-refractivity contribution is -0.139. The predicted molar refractivity (Wildman–Crippen MR) is 93.1 cm³/mol. The van der Waals surface area contributed by atoms with Gasteiger partial charge < -0.3 is 9.47 Å². The highest BCUT2D eigenvalue weighted by molar-refractivity contribution is 6.25. The van der Waals surface area contributed by atoms with Gasteiger partial charge in [0.25, 0.3) is 0 Å².